The summed E-state index contributed by atoms with van der Waals surface area (Å²) in [5.41, 5.74) is -0.0131. The Morgan fingerprint density at radius 2 is 1.84 bits per heavy atom. The van der Waals surface area contributed by atoms with E-state index in [-0.39, 0.29) is 11.2 Å². The first-order valence-corrected chi connectivity index (χ1v) is 6.41. The van der Waals surface area contributed by atoms with Gasteiger partial charge in [0.05, 0.1) is 0 Å². The van der Waals surface area contributed by atoms with Crippen LogP contribution in [0.3, 0.4) is 0 Å². The van der Waals surface area contributed by atoms with Gasteiger partial charge in [-0.05, 0) is 12.8 Å². The van der Waals surface area contributed by atoms with Crippen molar-refractivity contribution in [2.75, 3.05) is 5.32 Å². The zero-order valence-electron chi connectivity index (χ0n) is 11.6. The summed E-state index contributed by atoms with van der Waals surface area (Å²) in [7, 11) is 3.06. The molecule has 0 saturated carbocycles. The fraction of sp³-hybridized carbons (Fsp3) is 0.583. The van der Waals surface area contributed by atoms with Gasteiger partial charge in [-0.1, -0.05) is 13.8 Å². The predicted molar refractivity (Wildman–Crippen MR) is 74.6 cm³/mol. The van der Waals surface area contributed by atoms with E-state index < -0.39 is 0 Å². The zero-order chi connectivity index (χ0) is 14.2. The molecule has 0 aliphatic heterocycles. The van der Waals surface area contributed by atoms with Gasteiger partial charge in [-0.3, -0.25) is 13.9 Å². The number of aromatic nitrogens is 4. The highest BCUT2D eigenvalue weighted by molar-refractivity contribution is 5.72. The first-order chi connectivity index (χ1) is 8.99. The second-order valence-electron chi connectivity index (χ2n) is 4.65. The predicted octanol–water partition coefficient (Wildman–Crippen LogP) is 0.561. The number of nitrogens with one attached hydrogen (secondary N) is 2. The third-order valence-electron chi connectivity index (χ3n) is 3.42. The zero-order valence-corrected chi connectivity index (χ0v) is 11.6. The lowest BCUT2D eigenvalue weighted by Crippen LogP contribution is -2.36. The summed E-state index contributed by atoms with van der Waals surface area (Å²) >= 11 is 0. The molecule has 2 aromatic rings. The Kier molecular flexibility index (Phi) is 3.46. The van der Waals surface area contributed by atoms with Crippen LogP contribution in [0, 0.1) is 0 Å². The number of hydrogen-bond donors (Lipinski definition) is 2. The van der Waals surface area contributed by atoms with Gasteiger partial charge in [-0.15, -0.1) is 0 Å². The van der Waals surface area contributed by atoms with Crippen molar-refractivity contribution >= 4 is 17.1 Å². The maximum Gasteiger partial charge on any atom is 0.332 e. The van der Waals surface area contributed by atoms with Gasteiger partial charge in [-0.2, -0.15) is 4.98 Å². The van der Waals surface area contributed by atoms with Crippen LogP contribution in [-0.2, 0) is 14.1 Å². The van der Waals surface area contributed by atoms with Crippen molar-refractivity contribution in [2.45, 2.75) is 32.7 Å². The Morgan fingerprint density at radius 1 is 1.21 bits per heavy atom. The van der Waals surface area contributed by atoms with Crippen LogP contribution in [0.15, 0.2) is 9.59 Å². The van der Waals surface area contributed by atoms with Crippen molar-refractivity contribution in [1.82, 2.24) is 19.1 Å². The van der Waals surface area contributed by atoms with Crippen LogP contribution < -0.4 is 16.6 Å². The Balaban J connectivity index is 2.58. The molecule has 0 radical (unpaired) electrons. The Hall–Kier alpha value is -2.05. The summed E-state index contributed by atoms with van der Waals surface area (Å²) in [6, 6.07) is 0.293. The minimum absolute atomic E-state index is 0.293. The number of fused-ring (bicyclic) bond motifs is 1. The molecule has 0 bridgehead atoms. The van der Waals surface area contributed by atoms with E-state index in [1.54, 1.807) is 7.05 Å². The standard InChI is InChI=1S/C12H19N5O2/c1-5-7(6-2)13-11-14-8-9(15-11)16(3)12(19)17(4)10(8)18/h7H,5-6H2,1-4H3,(H2,13,14,15). The van der Waals surface area contributed by atoms with Crippen LogP contribution >= 0.6 is 0 Å². The minimum atomic E-state index is -0.377. The summed E-state index contributed by atoms with van der Waals surface area (Å²) < 4.78 is 2.44. The number of nitrogens with zero attached hydrogens (tertiary/aromatic N) is 3. The van der Waals surface area contributed by atoms with Crippen molar-refractivity contribution in [3.05, 3.63) is 20.8 Å². The van der Waals surface area contributed by atoms with Gasteiger partial charge in [-0.25, -0.2) is 4.79 Å². The van der Waals surface area contributed by atoms with Crippen molar-refractivity contribution in [3.63, 3.8) is 0 Å². The van der Waals surface area contributed by atoms with E-state index in [4.69, 9.17) is 0 Å². The van der Waals surface area contributed by atoms with Crippen LogP contribution in [0.5, 0.6) is 0 Å². The molecule has 0 aromatic carbocycles. The smallest absolute Gasteiger partial charge is 0.332 e. The number of H-pyrrole nitrogens is 1. The lowest BCUT2D eigenvalue weighted by atomic mass is 10.2. The first kappa shape index (κ1) is 13.4. The van der Waals surface area contributed by atoms with E-state index in [9.17, 15) is 9.59 Å². The van der Waals surface area contributed by atoms with Gasteiger partial charge in [0, 0.05) is 20.1 Å². The average Bonchev–Trinajstić information content (AvgIpc) is 2.84. The molecule has 0 unspecified atom stereocenters. The number of imidazole rings is 1. The summed E-state index contributed by atoms with van der Waals surface area (Å²) in [5.74, 6) is 0.530. The van der Waals surface area contributed by atoms with Crippen molar-refractivity contribution in [1.29, 1.82) is 0 Å². The third kappa shape index (κ3) is 2.16. The van der Waals surface area contributed by atoms with E-state index in [1.807, 2.05) is 0 Å². The van der Waals surface area contributed by atoms with Gasteiger partial charge in [0.15, 0.2) is 11.2 Å². The van der Waals surface area contributed by atoms with E-state index in [1.165, 1.54) is 11.6 Å². The largest absolute Gasteiger partial charge is 0.353 e. The molecular formula is C12H19N5O2. The number of anilines is 1. The number of aromatic amines is 1. The molecule has 2 aromatic heterocycles. The van der Waals surface area contributed by atoms with E-state index in [0.29, 0.717) is 23.2 Å². The first-order valence-electron chi connectivity index (χ1n) is 6.41. The summed E-state index contributed by atoms with van der Waals surface area (Å²) in [5, 5.41) is 3.23. The molecule has 0 saturated heterocycles. The number of hydrogen-bond acceptors (Lipinski definition) is 4. The van der Waals surface area contributed by atoms with Crippen LogP contribution in [0.4, 0.5) is 5.95 Å². The van der Waals surface area contributed by atoms with E-state index in [2.05, 4.69) is 29.1 Å². The number of rotatable bonds is 4. The highest BCUT2D eigenvalue weighted by Gasteiger charge is 2.14. The summed E-state index contributed by atoms with van der Waals surface area (Å²) in [6.07, 6.45) is 1.93. The molecule has 2 N–H and O–H groups in total. The van der Waals surface area contributed by atoms with E-state index >= 15 is 0 Å². The van der Waals surface area contributed by atoms with E-state index in [0.717, 1.165) is 17.4 Å². The molecule has 104 valence electrons. The minimum Gasteiger partial charge on any atom is -0.353 e. The average molecular weight is 265 g/mol. The van der Waals surface area contributed by atoms with Gasteiger partial charge in [0.25, 0.3) is 5.56 Å². The normalized spacial score (nSPS) is 11.4. The molecule has 0 fully saturated rings. The van der Waals surface area contributed by atoms with Gasteiger partial charge in [0.1, 0.15) is 0 Å². The molecule has 7 nitrogen and oxygen atoms in total. The molecule has 0 amide bonds. The van der Waals surface area contributed by atoms with Crippen molar-refractivity contribution in [3.8, 4) is 0 Å². The molecule has 0 atom stereocenters. The summed E-state index contributed by atoms with van der Waals surface area (Å²) in [4.78, 5) is 31.0. The topological polar surface area (TPSA) is 84.7 Å². The summed E-state index contributed by atoms with van der Waals surface area (Å²) in [6.45, 7) is 4.16. The van der Waals surface area contributed by atoms with Crippen molar-refractivity contribution < 1.29 is 0 Å². The maximum absolute atomic E-state index is 12.0. The van der Waals surface area contributed by atoms with Crippen molar-refractivity contribution in [2.24, 2.45) is 14.1 Å². The molecule has 2 heterocycles. The van der Waals surface area contributed by atoms with Gasteiger partial charge >= 0.3 is 5.69 Å². The highest BCUT2D eigenvalue weighted by Crippen LogP contribution is 2.11. The van der Waals surface area contributed by atoms with Crippen LogP contribution in [-0.4, -0.2) is 25.1 Å². The molecule has 0 aliphatic rings. The van der Waals surface area contributed by atoms with Gasteiger partial charge < -0.3 is 10.3 Å². The molecule has 2 rings (SSSR count). The Morgan fingerprint density at radius 3 is 2.42 bits per heavy atom. The third-order valence-corrected chi connectivity index (χ3v) is 3.42. The Labute approximate surface area is 110 Å². The molecule has 19 heavy (non-hydrogen) atoms. The molecule has 7 heteroatoms. The maximum atomic E-state index is 12.0. The second-order valence-corrected chi connectivity index (χ2v) is 4.65. The Bertz CT molecular complexity index is 705. The quantitative estimate of drug-likeness (QED) is 0.846. The molecule has 0 spiro atoms. The highest BCUT2D eigenvalue weighted by atomic mass is 16.2. The van der Waals surface area contributed by atoms with Crippen LogP contribution in [0.25, 0.3) is 11.2 Å². The molecular weight excluding hydrogens is 246 g/mol. The lowest BCUT2D eigenvalue weighted by molar-refractivity contribution is 0.666. The number of aryl methyl sites for hydroxylation is 1. The fourth-order valence-electron chi connectivity index (χ4n) is 2.08. The fourth-order valence-corrected chi connectivity index (χ4v) is 2.08. The van der Waals surface area contributed by atoms with Gasteiger partial charge in [0.2, 0.25) is 5.95 Å². The lowest BCUT2D eigenvalue weighted by Gasteiger charge is -2.12. The van der Waals surface area contributed by atoms with Crippen LogP contribution in [0.2, 0.25) is 0 Å². The SMILES string of the molecule is CCC(CC)Nc1nc2c([nH]1)c(=O)n(C)c(=O)n2C. The van der Waals surface area contributed by atoms with Crippen LogP contribution in [0.1, 0.15) is 26.7 Å². The monoisotopic (exact) mass is 265 g/mol. The molecule has 0 aliphatic carbocycles. The second kappa shape index (κ2) is 4.91.